The molecule has 0 heterocycles. The normalized spacial score (nSPS) is 12.7. The van der Waals surface area contributed by atoms with Crippen molar-refractivity contribution in [3.05, 3.63) is 23.3 Å². The van der Waals surface area contributed by atoms with E-state index in [9.17, 15) is 0 Å². The van der Waals surface area contributed by atoms with E-state index in [0.29, 0.717) is 0 Å². The lowest BCUT2D eigenvalue weighted by Gasteiger charge is -2.14. The number of thiol groups is 2. The first-order chi connectivity index (χ1) is 6.00. The van der Waals surface area contributed by atoms with Gasteiger partial charge in [0.2, 0.25) is 0 Å². The van der Waals surface area contributed by atoms with Gasteiger partial charge in [0, 0.05) is 4.90 Å². The van der Waals surface area contributed by atoms with Crippen LogP contribution in [0, 0.1) is 13.8 Å². The Bertz CT molecular complexity index is 285. The summed E-state index contributed by atoms with van der Waals surface area (Å²) >= 11 is 8.48. The van der Waals surface area contributed by atoms with Gasteiger partial charge < -0.3 is 4.74 Å². The maximum absolute atomic E-state index is 5.56. The largest absolute Gasteiger partial charge is 0.480 e. The molecule has 1 rings (SSSR count). The van der Waals surface area contributed by atoms with E-state index in [0.717, 1.165) is 21.8 Å². The van der Waals surface area contributed by atoms with Gasteiger partial charge in [0.25, 0.3) is 0 Å². The predicted molar refractivity (Wildman–Crippen MR) is 62.2 cm³/mol. The molecule has 1 nitrogen and oxygen atoms in total. The molecule has 13 heavy (non-hydrogen) atoms. The molecule has 3 heteroatoms. The highest BCUT2D eigenvalue weighted by Gasteiger charge is 2.06. The maximum atomic E-state index is 5.56. The summed E-state index contributed by atoms with van der Waals surface area (Å²) in [5.41, 5.74) is 2.12. The van der Waals surface area contributed by atoms with Crippen molar-refractivity contribution in [3.8, 4) is 5.75 Å². The van der Waals surface area contributed by atoms with Crippen molar-refractivity contribution in [3.63, 3.8) is 0 Å². The standard InChI is InChI=1S/C10H14OS2/c1-6-4-9(13)5-7(2)10(6)11-8(3)12/h4-5,8,12-13H,1-3H3. The highest BCUT2D eigenvalue weighted by molar-refractivity contribution is 7.80. The summed E-state index contributed by atoms with van der Waals surface area (Å²) in [6.07, 6.45) is 0. The smallest absolute Gasteiger partial charge is 0.138 e. The summed E-state index contributed by atoms with van der Waals surface area (Å²) in [4.78, 5) is 0.967. The van der Waals surface area contributed by atoms with Crippen LogP contribution >= 0.6 is 25.3 Å². The Morgan fingerprint density at radius 2 is 1.69 bits per heavy atom. The van der Waals surface area contributed by atoms with Gasteiger partial charge >= 0.3 is 0 Å². The van der Waals surface area contributed by atoms with Crippen molar-refractivity contribution in [2.75, 3.05) is 0 Å². The van der Waals surface area contributed by atoms with E-state index in [4.69, 9.17) is 4.74 Å². The first-order valence-corrected chi connectivity index (χ1v) is 5.12. The molecule has 0 bridgehead atoms. The summed E-state index contributed by atoms with van der Waals surface area (Å²) < 4.78 is 5.56. The molecule has 0 amide bonds. The number of aryl methyl sites for hydroxylation is 2. The molecule has 0 saturated carbocycles. The van der Waals surface area contributed by atoms with Crippen molar-refractivity contribution in [1.29, 1.82) is 0 Å². The van der Waals surface area contributed by atoms with E-state index >= 15 is 0 Å². The molecule has 0 aromatic heterocycles. The molecule has 1 aromatic rings. The zero-order chi connectivity index (χ0) is 10.0. The summed E-state index contributed by atoms with van der Waals surface area (Å²) in [7, 11) is 0. The summed E-state index contributed by atoms with van der Waals surface area (Å²) in [5.74, 6) is 0.917. The van der Waals surface area contributed by atoms with Crippen molar-refractivity contribution in [1.82, 2.24) is 0 Å². The van der Waals surface area contributed by atoms with Gasteiger partial charge in [-0.2, -0.15) is 0 Å². The number of hydrogen-bond donors (Lipinski definition) is 2. The predicted octanol–water partition coefficient (Wildman–Crippen LogP) is 3.25. The van der Waals surface area contributed by atoms with Crippen LogP contribution in [-0.2, 0) is 0 Å². The lowest BCUT2D eigenvalue weighted by Crippen LogP contribution is -2.05. The zero-order valence-electron chi connectivity index (χ0n) is 8.03. The molecule has 0 radical (unpaired) electrons. The summed E-state index contributed by atoms with van der Waals surface area (Å²) in [5, 5.41) is 0. The van der Waals surface area contributed by atoms with Crippen LogP contribution in [0.5, 0.6) is 5.75 Å². The minimum atomic E-state index is -0.0804. The molecule has 1 unspecified atom stereocenters. The average molecular weight is 214 g/mol. The lowest BCUT2D eigenvalue weighted by atomic mass is 10.1. The second-order valence-electron chi connectivity index (χ2n) is 3.13. The second kappa shape index (κ2) is 4.29. The van der Waals surface area contributed by atoms with Gasteiger partial charge in [0.05, 0.1) is 0 Å². The fraction of sp³-hybridized carbons (Fsp3) is 0.400. The Morgan fingerprint density at radius 3 is 2.08 bits per heavy atom. The van der Waals surface area contributed by atoms with Crippen molar-refractivity contribution in [2.45, 2.75) is 31.1 Å². The van der Waals surface area contributed by atoms with Crippen LogP contribution in [0.2, 0.25) is 0 Å². The van der Waals surface area contributed by atoms with Gasteiger partial charge in [-0.15, -0.1) is 25.3 Å². The van der Waals surface area contributed by atoms with Crippen molar-refractivity contribution in [2.24, 2.45) is 0 Å². The summed E-state index contributed by atoms with van der Waals surface area (Å²) in [6.45, 7) is 5.92. The number of benzene rings is 1. The van der Waals surface area contributed by atoms with Crippen LogP contribution in [0.15, 0.2) is 17.0 Å². The molecule has 0 fully saturated rings. The SMILES string of the molecule is Cc1cc(S)cc(C)c1OC(C)S. The average Bonchev–Trinajstić information content (AvgIpc) is 1.96. The molecule has 0 aliphatic carbocycles. The molecule has 1 atom stereocenters. The van der Waals surface area contributed by atoms with E-state index in [1.807, 2.05) is 32.9 Å². The monoisotopic (exact) mass is 214 g/mol. The Kier molecular flexibility index (Phi) is 3.56. The van der Waals surface area contributed by atoms with Crippen molar-refractivity contribution < 1.29 is 4.74 Å². The third kappa shape index (κ3) is 2.85. The minimum Gasteiger partial charge on any atom is -0.480 e. The highest BCUT2D eigenvalue weighted by Crippen LogP contribution is 2.27. The molecule has 0 saturated heterocycles. The van der Waals surface area contributed by atoms with E-state index in [1.165, 1.54) is 0 Å². The molecule has 1 aromatic carbocycles. The van der Waals surface area contributed by atoms with Crippen molar-refractivity contribution >= 4 is 25.3 Å². The first-order valence-electron chi connectivity index (χ1n) is 4.15. The number of hydrogen-bond acceptors (Lipinski definition) is 3. The van der Waals surface area contributed by atoms with Gasteiger partial charge in [0.15, 0.2) is 0 Å². The van der Waals surface area contributed by atoms with E-state index in [-0.39, 0.29) is 5.44 Å². The quantitative estimate of drug-likeness (QED) is 0.567. The Hall–Kier alpha value is -0.280. The second-order valence-corrected chi connectivity index (χ2v) is 4.37. The molecule has 0 spiro atoms. The van der Waals surface area contributed by atoms with Crippen LogP contribution in [0.3, 0.4) is 0 Å². The zero-order valence-corrected chi connectivity index (χ0v) is 9.82. The van der Waals surface area contributed by atoms with E-state index in [1.54, 1.807) is 0 Å². The van der Waals surface area contributed by atoms with Crippen LogP contribution < -0.4 is 4.74 Å². The number of ether oxygens (including phenoxy) is 1. The molecular formula is C10H14OS2. The Morgan fingerprint density at radius 1 is 1.23 bits per heavy atom. The molecule has 0 aliphatic heterocycles. The van der Waals surface area contributed by atoms with Gasteiger partial charge in [-0.25, -0.2) is 0 Å². The minimum absolute atomic E-state index is 0.0804. The fourth-order valence-corrected chi connectivity index (χ4v) is 1.78. The van der Waals surface area contributed by atoms with Gasteiger partial charge in [-0.3, -0.25) is 0 Å². The highest BCUT2D eigenvalue weighted by atomic mass is 32.1. The fourth-order valence-electron chi connectivity index (χ4n) is 1.28. The van der Waals surface area contributed by atoms with E-state index in [2.05, 4.69) is 25.3 Å². The van der Waals surface area contributed by atoms with Gasteiger partial charge in [-0.1, -0.05) is 0 Å². The van der Waals surface area contributed by atoms with Gasteiger partial charge in [-0.05, 0) is 44.0 Å². The first kappa shape index (κ1) is 10.8. The third-order valence-corrected chi connectivity index (χ3v) is 2.10. The van der Waals surface area contributed by atoms with Crippen LogP contribution in [-0.4, -0.2) is 5.44 Å². The number of rotatable bonds is 2. The van der Waals surface area contributed by atoms with E-state index < -0.39 is 0 Å². The lowest BCUT2D eigenvalue weighted by molar-refractivity contribution is 0.305. The Balaban J connectivity index is 3.06. The van der Waals surface area contributed by atoms with Crippen LogP contribution in [0.25, 0.3) is 0 Å². The molecule has 0 N–H and O–H groups in total. The molecular weight excluding hydrogens is 200 g/mol. The third-order valence-electron chi connectivity index (χ3n) is 1.73. The molecule has 0 aliphatic rings. The molecule has 72 valence electrons. The van der Waals surface area contributed by atoms with Gasteiger partial charge in [0.1, 0.15) is 11.2 Å². The topological polar surface area (TPSA) is 9.23 Å². The summed E-state index contributed by atoms with van der Waals surface area (Å²) in [6, 6.07) is 3.98. The van der Waals surface area contributed by atoms with Crippen LogP contribution in [0.1, 0.15) is 18.1 Å². The van der Waals surface area contributed by atoms with Crippen LogP contribution in [0.4, 0.5) is 0 Å². The maximum Gasteiger partial charge on any atom is 0.138 e. The Labute approximate surface area is 90.3 Å².